The van der Waals surface area contributed by atoms with Gasteiger partial charge >= 0.3 is 5.97 Å². The van der Waals surface area contributed by atoms with E-state index >= 15 is 0 Å². The van der Waals surface area contributed by atoms with Crippen molar-refractivity contribution in [1.29, 1.82) is 0 Å². The predicted octanol–water partition coefficient (Wildman–Crippen LogP) is 4.43. The van der Waals surface area contributed by atoms with Crippen molar-refractivity contribution in [2.24, 2.45) is 23.7 Å². The fraction of sp³-hybridized carbons (Fsp3) is 0.312. The van der Waals surface area contributed by atoms with E-state index in [1.54, 1.807) is 30.3 Å². The summed E-state index contributed by atoms with van der Waals surface area (Å²) < 4.78 is 15.7. The maximum atomic E-state index is 13.6. The highest BCUT2D eigenvalue weighted by Crippen LogP contribution is 2.61. The van der Waals surface area contributed by atoms with Crippen molar-refractivity contribution in [2.45, 2.75) is 18.8 Å². The number of rotatable bonds is 8. The van der Waals surface area contributed by atoms with Gasteiger partial charge in [0.15, 0.2) is 6.61 Å². The van der Waals surface area contributed by atoms with Crippen LogP contribution in [0.2, 0.25) is 0 Å². The molecular formula is C32H30N2O7. The van der Waals surface area contributed by atoms with Crippen LogP contribution < -0.4 is 19.7 Å². The number of esters is 1. The molecule has 2 aliphatic carbocycles. The zero-order chi connectivity index (χ0) is 28.7. The van der Waals surface area contributed by atoms with E-state index in [2.05, 4.69) is 17.4 Å². The summed E-state index contributed by atoms with van der Waals surface area (Å²) in [5, 5.41) is 2.65. The topological polar surface area (TPSA) is 111 Å². The quantitative estimate of drug-likeness (QED) is 0.324. The predicted molar refractivity (Wildman–Crippen MR) is 150 cm³/mol. The molecule has 1 heterocycles. The van der Waals surface area contributed by atoms with Crippen molar-refractivity contribution in [3.8, 4) is 11.5 Å². The molecule has 3 aromatic carbocycles. The summed E-state index contributed by atoms with van der Waals surface area (Å²) in [7, 11) is 2.99. The average molecular weight is 555 g/mol. The van der Waals surface area contributed by atoms with Crippen LogP contribution in [0.5, 0.6) is 11.5 Å². The minimum absolute atomic E-state index is 0.129. The van der Waals surface area contributed by atoms with E-state index in [1.165, 1.54) is 36.8 Å². The second kappa shape index (κ2) is 10.7. The third-order valence-electron chi connectivity index (χ3n) is 8.60. The fourth-order valence-electron chi connectivity index (χ4n) is 6.87. The molecule has 6 rings (SSSR count). The van der Waals surface area contributed by atoms with Crippen LogP contribution in [0, 0.1) is 23.7 Å². The molecule has 3 aliphatic rings. The molecule has 2 saturated carbocycles. The lowest BCUT2D eigenvalue weighted by atomic mass is 9.73. The largest absolute Gasteiger partial charge is 0.497 e. The summed E-state index contributed by atoms with van der Waals surface area (Å²) in [5.74, 6) is -0.835. The molecule has 9 nitrogen and oxygen atoms in total. The second-order valence-corrected chi connectivity index (χ2v) is 10.7. The lowest BCUT2D eigenvalue weighted by Gasteiger charge is -2.28. The van der Waals surface area contributed by atoms with Crippen LogP contribution in [-0.4, -0.2) is 44.5 Å². The van der Waals surface area contributed by atoms with E-state index in [0.717, 1.165) is 12.8 Å². The van der Waals surface area contributed by atoms with Gasteiger partial charge in [-0.1, -0.05) is 36.4 Å². The summed E-state index contributed by atoms with van der Waals surface area (Å²) in [6.45, 7) is -0.534. The van der Waals surface area contributed by atoms with E-state index in [1.807, 2.05) is 18.2 Å². The SMILES string of the molecule is COc1ccc(NC(=O)COC(=O)c2cccc(N3C(=O)[C@@H]4[C@@H]5C[C@@H]([C@H]4C3=O)[C@@H](c3ccccc3)C5)c2)c(OC)c1. The van der Waals surface area contributed by atoms with Crippen LogP contribution in [0.4, 0.5) is 11.4 Å². The molecule has 3 amide bonds. The molecule has 0 unspecified atom stereocenters. The van der Waals surface area contributed by atoms with Crippen molar-refractivity contribution in [2.75, 3.05) is 31.0 Å². The zero-order valence-electron chi connectivity index (χ0n) is 22.7. The highest BCUT2D eigenvalue weighted by atomic mass is 16.5. The van der Waals surface area contributed by atoms with Crippen molar-refractivity contribution in [1.82, 2.24) is 0 Å². The van der Waals surface area contributed by atoms with Crippen LogP contribution in [0.3, 0.4) is 0 Å². The molecule has 0 aromatic heterocycles. The number of methoxy groups -OCH3 is 2. The van der Waals surface area contributed by atoms with E-state index in [-0.39, 0.29) is 47.0 Å². The van der Waals surface area contributed by atoms with Crippen LogP contribution in [0.1, 0.15) is 34.7 Å². The first-order valence-electron chi connectivity index (χ1n) is 13.6. The molecule has 1 N–H and O–H groups in total. The van der Waals surface area contributed by atoms with Crippen LogP contribution in [0.15, 0.2) is 72.8 Å². The molecule has 0 spiro atoms. The summed E-state index contributed by atoms with van der Waals surface area (Å²) in [6.07, 6.45) is 1.79. The molecule has 5 atom stereocenters. The standard InChI is InChI=1S/C32H30N2O7/c1-39-22-11-12-25(26(16-22)40-2)33-27(35)17-41-32(38)19-9-6-10-21(13-19)34-30(36)28-20-14-23(18-7-4-3-5-8-18)24(15-20)29(28)31(34)37/h3-13,16,20,23-24,28-29H,14-15,17H2,1-2H3,(H,33,35)/t20-,23+,24+,28+,29+/m0/s1. The maximum Gasteiger partial charge on any atom is 0.338 e. The molecule has 0 radical (unpaired) electrons. The molecule has 9 heteroatoms. The number of fused-ring (bicyclic) bond motifs is 5. The summed E-state index contributed by atoms with van der Waals surface area (Å²) >= 11 is 0. The third kappa shape index (κ3) is 4.71. The maximum absolute atomic E-state index is 13.6. The average Bonchev–Trinajstić information content (AvgIpc) is 3.67. The highest BCUT2D eigenvalue weighted by molar-refractivity contribution is 6.23. The molecule has 1 aliphatic heterocycles. The summed E-state index contributed by atoms with van der Waals surface area (Å²) in [4.78, 5) is 53.7. The van der Waals surface area contributed by atoms with Crippen molar-refractivity contribution >= 4 is 35.1 Å². The Balaban J connectivity index is 1.12. The van der Waals surface area contributed by atoms with Gasteiger partial charge in [-0.15, -0.1) is 0 Å². The Morgan fingerprint density at radius 1 is 0.878 bits per heavy atom. The number of ether oxygens (including phenoxy) is 3. The number of benzene rings is 3. The number of imide groups is 1. The molecule has 41 heavy (non-hydrogen) atoms. The van der Waals surface area contributed by atoms with Gasteiger partial charge in [0.1, 0.15) is 11.5 Å². The van der Waals surface area contributed by atoms with Gasteiger partial charge in [-0.2, -0.15) is 0 Å². The molecule has 3 fully saturated rings. The monoisotopic (exact) mass is 554 g/mol. The first-order chi connectivity index (χ1) is 19.9. The van der Waals surface area contributed by atoms with Crippen LogP contribution in [-0.2, 0) is 19.1 Å². The Kier molecular flexibility index (Phi) is 6.95. The summed E-state index contributed by atoms with van der Waals surface area (Å²) in [6, 6.07) is 21.3. The van der Waals surface area contributed by atoms with Gasteiger partial charge in [-0.25, -0.2) is 4.79 Å². The van der Waals surface area contributed by atoms with Gasteiger partial charge < -0.3 is 19.5 Å². The Labute approximate surface area is 237 Å². The number of amides is 3. The fourth-order valence-corrected chi connectivity index (χ4v) is 6.87. The Morgan fingerprint density at radius 2 is 1.66 bits per heavy atom. The number of nitrogens with zero attached hydrogens (tertiary/aromatic N) is 1. The van der Waals surface area contributed by atoms with Crippen LogP contribution >= 0.6 is 0 Å². The smallest absolute Gasteiger partial charge is 0.338 e. The molecular weight excluding hydrogens is 524 g/mol. The Hall–Kier alpha value is -4.66. The lowest BCUT2D eigenvalue weighted by Crippen LogP contribution is -2.33. The molecule has 2 bridgehead atoms. The van der Waals surface area contributed by atoms with Crippen molar-refractivity contribution < 1.29 is 33.4 Å². The summed E-state index contributed by atoms with van der Waals surface area (Å²) in [5.41, 5.74) is 2.10. The normalized spacial score (nSPS) is 24.2. The van der Waals surface area contributed by atoms with Crippen LogP contribution in [0.25, 0.3) is 0 Å². The Bertz CT molecular complexity index is 1520. The number of hydrogen-bond donors (Lipinski definition) is 1. The van der Waals surface area contributed by atoms with Gasteiger partial charge in [0, 0.05) is 6.07 Å². The van der Waals surface area contributed by atoms with Gasteiger partial charge in [0.05, 0.1) is 43.0 Å². The number of nitrogens with one attached hydrogen (secondary N) is 1. The third-order valence-corrected chi connectivity index (χ3v) is 8.60. The van der Waals surface area contributed by atoms with E-state index in [0.29, 0.717) is 22.9 Å². The minimum Gasteiger partial charge on any atom is -0.497 e. The lowest BCUT2D eigenvalue weighted by molar-refractivity contribution is -0.123. The Morgan fingerprint density at radius 3 is 2.41 bits per heavy atom. The van der Waals surface area contributed by atoms with Gasteiger partial charge in [-0.05, 0) is 66.5 Å². The second-order valence-electron chi connectivity index (χ2n) is 10.7. The number of carbonyl (C=O) groups excluding carboxylic acids is 4. The number of carbonyl (C=O) groups is 4. The number of anilines is 2. The molecule has 210 valence electrons. The first kappa shape index (κ1) is 26.6. The minimum atomic E-state index is -0.743. The van der Waals surface area contributed by atoms with E-state index in [9.17, 15) is 19.2 Å². The molecule has 3 aromatic rings. The van der Waals surface area contributed by atoms with Gasteiger partial charge in [0.25, 0.3) is 5.91 Å². The van der Waals surface area contributed by atoms with Crippen molar-refractivity contribution in [3.05, 3.63) is 83.9 Å². The van der Waals surface area contributed by atoms with Crippen molar-refractivity contribution in [3.63, 3.8) is 0 Å². The van der Waals surface area contributed by atoms with E-state index < -0.39 is 18.5 Å². The molecule has 1 saturated heterocycles. The van der Waals surface area contributed by atoms with Gasteiger partial charge in [-0.3, -0.25) is 19.3 Å². The van der Waals surface area contributed by atoms with E-state index in [4.69, 9.17) is 14.2 Å². The number of hydrogen-bond acceptors (Lipinski definition) is 7. The zero-order valence-corrected chi connectivity index (χ0v) is 22.7. The highest BCUT2D eigenvalue weighted by Gasteiger charge is 2.64. The first-order valence-corrected chi connectivity index (χ1v) is 13.6. The van der Waals surface area contributed by atoms with Gasteiger partial charge in [0.2, 0.25) is 11.8 Å².